The molecule has 1 aromatic rings. The molecule has 1 aromatic heterocycles. The lowest BCUT2D eigenvalue weighted by atomic mass is 10.1. The Morgan fingerprint density at radius 2 is 2.20 bits per heavy atom. The predicted octanol–water partition coefficient (Wildman–Crippen LogP) is -0.739. The van der Waals surface area contributed by atoms with Crippen molar-refractivity contribution in [3.8, 4) is 0 Å². The zero-order valence-electron chi connectivity index (χ0n) is 8.41. The second-order valence-electron chi connectivity index (χ2n) is 3.71. The van der Waals surface area contributed by atoms with Crippen LogP contribution in [0.1, 0.15) is 12.8 Å². The average molecular weight is 210 g/mol. The van der Waals surface area contributed by atoms with Crippen LogP contribution < -0.4 is 0 Å². The lowest BCUT2D eigenvalue weighted by Crippen LogP contribution is -2.41. The maximum Gasteiger partial charge on any atom is 0.244 e. The van der Waals surface area contributed by atoms with Crippen molar-refractivity contribution in [3.63, 3.8) is 0 Å². The topological polar surface area (TPSA) is 71.2 Å². The number of rotatable bonds is 2. The fourth-order valence-corrected chi connectivity index (χ4v) is 1.67. The van der Waals surface area contributed by atoms with Crippen molar-refractivity contribution < 1.29 is 9.90 Å². The van der Waals surface area contributed by atoms with Gasteiger partial charge in [0.1, 0.15) is 6.54 Å². The highest BCUT2D eigenvalue weighted by Crippen LogP contribution is 2.10. The smallest absolute Gasteiger partial charge is 0.244 e. The monoisotopic (exact) mass is 210 g/mol. The summed E-state index contributed by atoms with van der Waals surface area (Å²) in [6, 6.07) is 0. The summed E-state index contributed by atoms with van der Waals surface area (Å²) in [7, 11) is 0. The summed E-state index contributed by atoms with van der Waals surface area (Å²) in [6.07, 6.45) is 4.30. The Morgan fingerprint density at radius 3 is 2.80 bits per heavy atom. The molecule has 1 amide bonds. The number of hydrogen-bond acceptors (Lipinski definition) is 4. The Bertz CT molecular complexity index is 317. The third-order valence-electron chi connectivity index (χ3n) is 2.59. The Hall–Kier alpha value is -1.43. The van der Waals surface area contributed by atoms with Crippen LogP contribution in [0.4, 0.5) is 0 Å². The van der Waals surface area contributed by atoms with Crippen LogP contribution in [0.5, 0.6) is 0 Å². The molecule has 2 heterocycles. The van der Waals surface area contributed by atoms with Gasteiger partial charge in [-0.3, -0.25) is 4.79 Å². The number of aliphatic hydroxyl groups is 1. The molecule has 1 aliphatic rings. The minimum absolute atomic E-state index is 0.0346. The van der Waals surface area contributed by atoms with Gasteiger partial charge in [-0.25, -0.2) is 4.68 Å². The van der Waals surface area contributed by atoms with Crippen LogP contribution in [-0.4, -0.2) is 50.1 Å². The number of amides is 1. The quantitative estimate of drug-likeness (QED) is 0.698. The van der Waals surface area contributed by atoms with Gasteiger partial charge in [0.15, 0.2) is 0 Å². The van der Waals surface area contributed by atoms with Crippen molar-refractivity contribution in [2.75, 3.05) is 13.1 Å². The fourth-order valence-electron chi connectivity index (χ4n) is 1.67. The highest BCUT2D eigenvalue weighted by molar-refractivity contribution is 5.75. The number of piperidine rings is 1. The van der Waals surface area contributed by atoms with Gasteiger partial charge in [0.05, 0.1) is 12.3 Å². The van der Waals surface area contributed by atoms with E-state index >= 15 is 0 Å². The molecule has 82 valence electrons. The summed E-state index contributed by atoms with van der Waals surface area (Å²) in [6.45, 7) is 1.50. The Balaban J connectivity index is 1.86. The molecule has 0 bridgehead atoms. The van der Waals surface area contributed by atoms with E-state index in [1.54, 1.807) is 17.3 Å². The SMILES string of the molecule is O=C(Cn1ccnn1)N1CCC(O)CC1. The molecule has 0 radical (unpaired) electrons. The number of likely N-dealkylation sites (tertiary alicyclic amines) is 1. The lowest BCUT2D eigenvalue weighted by Gasteiger charge is -2.29. The first-order valence-corrected chi connectivity index (χ1v) is 5.05. The van der Waals surface area contributed by atoms with Crippen LogP contribution in [-0.2, 0) is 11.3 Å². The maximum absolute atomic E-state index is 11.7. The van der Waals surface area contributed by atoms with Gasteiger partial charge >= 0.3 is 0 Å². The molecule has 0 aromatic carbocycles. The summed E-state index contributed by atoms with van der Waals surface area (Å²) in [5, 5.41) is 16.7. The minimum atomic E-state index is -0.250. The molecule has 1 fully saturated rings. The van der Waals surface area contributed by atoms with E-state index in [0.29, 0.717) is 25.9 Å². The molecule has 6 nitrogen and oxygen atoms in total. The zero-order chi connectivity index (χ0) is 10.7. The fraction of sp³-hybridized carbons (Fsp3) is 0.667. The molecule has 1 aliphatic heterocycles. The largest absolute Gasteiger partial charge is 0.393 e. The van der Waals surface area contributed by atoms with Crippen molar-refractivity contribution in [3.05, 3.63) is 12.4 Å². The van der Waals surface area contributed by atoms with E-state index < -0.39 is 0 Å². The van der Waals surface area contributed by atoms with Crippen LogP contribution in [0, 0.1) is 0 Å². The van der Waals surface area contributed by atoms with E-state index in [-0.39, 0.29) is 18.6 Å². The number of nitrogens with zero attached hydrogens (tertiary/aromatic N) is 4. The van der Waals surface area contributed by atoms with Crippen molar-refractivity contribution in [2.45, 2.75) is 25.5 Å². The van der Waals surface area contributed by atoms with E-state index in [1.807, 2.05) is 0 Å². The van der Waals surface area contributed by atoms with Crippen LogP contribution >= 0.6 is 0 Å². The van der Waals surface area contributed by atoms with Gasteiger partial charge in [-0.1, -0.05) is 5.21 Å². The number of carbonyl (C=O) groups is 1. The molecule has 1 N–H and O–H groups in total. The Kier molecular flexibility index (Phi) is 2.96. The first-order chi connectivity index (χ1) is 7.25. The van der Waals surface area contributed by atoms with Gasteiger partial charge in [0, 0.05) is 19.3 Å². The van der Waals surface area contributed by atoms with Crippen molar-refractivity contribution >= 4 is 5.91 Å². The van der Waals surface area contributed by atoms with Gasteiger partial charge in [-0.05, 0) is 12.8 Å². The summed E-state index contributed by atoms with van der Waals surface area (Å²) in [5.74, 6) is 0.0346. The van der Waals surface area contributed by atoms with Gasteiger partial charge in [-0.15, -0.1) is 5.10 Å². The molecule has 0 spiro atoms. The number of aliphatic hydroxyl groups excluding tert-OH is 1. The number of aromatic nitrogens is 3. The van der Waals surface area contributed by atoms with E-state index in [4.69, 9.17) is 0 Å². The molecule has 1 saturated heterocycles. The lowest BCUT2D eigenvalue weighted by molar-refractivity contribution is -0.134. The molecular weight excluding hydrogens is 196 g/mol. The first-order valence-electron chi connectivity index (χ1n) is 5.05. The normalized spacial score (nSPS) is 18.1. The van der Waals surface area contributed by atoms with Crippen molar-refractivity contribution in [1.29, 1.82) is 0 Å². The van der Waals surface area contributed by atoms with E-state index in [9.17, 15) is 9.90 Å². The van der Waals surface area contributed by atoms with Gasteiger partial charge in [-0.2, -0.15) is 0 Å². The van der Waals surface area contributed by atoms with E-state index in [2.05, 4.69) is 10.3 Å². The van der Waals surface area contributed by atoms with Crippen molar-refractivity contribution in [2.24, 2.45) is 0 Å². The summed E-state index contributed by atoms with van der Waals surface area (Å²) in [5.41, 5.74) is 0. The molecular formula is C9H14N4O2. The molecule has 6 heteroatoms. The van der Waals surface area contributed by atoms with Gasteiger partial charge in [0.2, 0.25) is 5.91 Å². The second kappa shape index (κ2) is 4.39. The molecule has 0 atom stereocenters. The molecule has 0 saturated carbocycles. The van der Waals surface area contributed by atoms with E-state index in [0.717, 1.165) is 0 Å². The zero-order valence-corrected chi connectivity index (χ0v) is 8.41. The summed E-state index contributed by atoms with van der Waals surface area (Å²) in [4.78, 5) is 13.5. The van der Waals surface area contributed by atoms with Gasteiger partial charge in [0.25, 0.3) is 0 Å². The maximum atomic E-state index is 11.7. The van der Waals surface area contributed by atoms with Crippen molar-refractivity contribution in [1.82, 2.24) is 19.9 Å². The van der Waals surface area contributed by atoms with Crippen LogP contribution in [0.15, 0.2) is 12.4 Å². The predicted molar refractivity (Wildman–Crippen MR) is 51.8 cm³/mol. The summed E-state index contributed by atoms with van der Waals surface area (Å²) >= 11 is 0. The standard InChI is InChI=1S/C9H14N4O2/c14-8-1-4-12(5-2-8)9(15)7-13-6-3-10-11-13/h3,6,8,14H,1-2,4-5,7H2. The highest BCUT2D eigenvalue weighted by Gasteiger charge is 2.21. The molecule has 0 unspecified atom stereocenters. The Labute approximate surface area is 87.5 Å². The van der Waals surface area contributed by atoms with E-state index in [1.165, 1.54) is 4.68 Å². The Morgan fingerprint density at radius 1 is 1.47 bits per heavy atom. The minimum Gasteiger partial charge on any atom is -0.393 e. The van der Waals surface area contributed by atoms with Gasteiger partial charge < -0.3 is 10.0 Å². The molecule has 15 heavy (non-hydrogen) atoms. The summed E-state index contributed by atoms with van der Waals surface area (Å²) < 4.78 is 1.51. The first kappa shape index (κ1) is 10.1. The van der Waals surface area contributed by atoms with Crippen LogP contribution in [0.2, 0.25) is 0 Å². The number of hydrogen-bond donors (Lipinski definition) is 1. The third-order valence-corrected chi connectivity index (χ3v) is 2.59. The molecule has 0 aliphatic carbocycles. The second-order valence-corrected chi connectivity index (χ2v) is 3.71. The highest BCUT2D eigenvalue weighted by atomic mass is 16.3. The van der Waals surface area contributed by atoms with Crippen LogP contribution in [0.25, 0.3) is 0 Å². The van der Waals surface area contributed by atoms with Crippen LogP contribution in [0.3, 0.4) is 0 Å². The number of carbonyl (C=O) groups excluding carboxylic acids is 1. The molecule has 2 rings (SSSR count). The third kappa shape index (κ3) is 2.53. The average Bonchev–Trinajstić information content (AvgIpc) is 2.71.